The van der Waals surface area contributed by atoms with Gasteiger partial charge in [-0.05, 0) is 27.2 Å². The molecule has 0 heterocycles. The van der Waals surface area contributed by atoms with Gasteiger partial charge in [0, 0.05) is 34.4 Å². The van der Waals surface area contributed by atoms with Crippen molar-refractivity contribution in [2.45, 2.75) is 38.9 Å². The van der Waals surface area contributed by atoms with Gasteiger partial charge in [0.2, 0.25) is 0 Å². The number of nitrogens with one attached hydrogen (secondary N) is 1. The molecule has 0 aromatic rings. The topological polar surface area (TPSA) is 67.5 Å². The molecule has 0 saturated carbocycles. The van der Waals surface area contributed by atoms with E-state index >= 15 is 0 Å². The Kier molecular flexibility index (Phi) is 10.7. The molecule has 0 aliphatic rings. The molecule has 0 spiro atoms. The first-order chi connectivity index (χ1) is 6.88. The van der Waals surface area contributed by atoms with E-state index in [-0.39, 0.29) is 28.7 Å². The number of halogens is 1. The summed E-state index contributed by atoms with van der Waals surface area (Å²) in [4.78, 5) is 4.09. The summed E-state index contributed by atoms with van der Waals surface area (Å²) in [6, 6.07) is 0. The summed E-state index contributed by atoms with van der Waals surface area (Å²) in [5.74, 6) is 1.05. The van der Waals surface area contributed by atoms with Crippen molar-refractivity contribution in [1.82, 2.24) is 5.32 Å². The minimum atomic E-state index is -0.833. The van der Waals surface area contributed by atoms with Crippen LogP contribution in [-0.4, -0.2) is 33.8 Å². The van der Waals surface area contributed by atoms with Crippen LogP contribution in [0.5, 0.6) is 0 Å². The first kappa shape index (κ1) is 18.5. The lowest BCUT2D eigenvalue weighted by Gasteiger charge is -2.17. The number of guanidine groups is 1. The second-order valence-corrected chi connectivity index (χ2v) is 6.68. The Morgan fingerprint density at radius 3 is 2.44 bits per heavy atom. The first-order valence-electron chi connectivity index (χ1n) is 5.30. The molecule has 4 nitrogen and oxygen atoms in total. The van der Waals surface area contributed by atoms with Gasteiger partial charge in [-0.3, -0.25) is 9.20 Å². The van der Waals surface area contributed by atoms with Crippen molar-refractivity contribution in [3.63, 3.8) is 0 Å². The van der Waals surface area contributed by atoms with E-state index in [0.717, 1.165) is 13.0 Å². The van der Waals surface area contributed by atoms with Crippen LogP contribution in [0.3, 0.4) is 0 Å². The molecule has 0 aromatic heterocycles. The van der Waals surface area contributed by atoms with Crippen LogP contribution >= 0.6 is 24.0 Å². The van der Waals surface area contributed by atoms with Gasteiger partial charge < -0.3 is 11.1 Å². The minimum Gasteiger partial charge on any atom is -0.370 e. The maximum Gasteiger partial charge on any atom is 0.188 e. The lowest BCUT2D eigenvalue weighted by Crippen LogP contribution is -2.36. The van der Waals surface area contributed by atoms with Gasteiger partial charge in [-0.15, -0.1) is 24.0 Å². The number of rotatable bonds is 5. The van der Waals surface area contributed by atoms with Crippen molar-refractivity contribution in [1.29, 1.82) is 0 Å². The largest absolute Gasteiger partial charge is 0.370 e. The lowest BCUT2D eigenvalue weighted by atomic mass is 10.3. The zero-order chi connectivity index (χ0) is 11.9. The Labute approximate surface area is 118 Å². The molecular formula is C10H24IN3OS. The summed E-state index contributed by atoms with van der Waals surface area (Å²) in [5.41, 5.74) is 5.59. The maximum atomic E-state index is 11.7. The highest BCUT2D eigenvalue weighted by molar-refractivity contribution is 14.0. The molecule has 0 aromatic carbocycles. The van der Waals surface area contributed by atoms with E-state index in [2.05, 4.69) is 10.3 Å². The fourth-order valence-electron chi connectivity index (χ4n) is 0.866. The average Bonchev–Trinajstić information content (AvgIpc) is 2.13. The molecule has 0 amide bonds. The molecule has 98 valence electrons. The summed E-state index contributed by atoms with van der Waals surface area (Å²) in [5, 5.41) is 2.96. The molecule has 0 saturated heterocycles. The van der Waals surface area contributed by atoms with Crippen molar-refractivity contribution in [2.75, 3.05) is 18.8 Å². The predicted molar refractivity (Wildman–Crippen MR) is 83.0 cm³/mol. The Bertz CT molecular complexity index is 239. The van der Waals surface area contributed by atoms with E-state index in [9.17, 15) is 4.21 Å². The van der Waals surface area contributed by atoms with Gasteiger partial charge in [-0.2, -0.15) is 0 Å². The van der Waals surface area contributed by atoms with Crippen LogP contribution in [-0.2, 0) is 10.8 Å². The molecule has 0 rings (SSSR count). The molecular weight excluding hydrogens is 337 g/mol. The normalized spacial score (nSPS) is 14.1. The van der Waals surface area contributed by atoms with Crippen LogP contribution in [0, 0.1) is 0 Å². The van der Waals surface area contributed by atoms with Crippen molar-refractivity contribution in [3.8, 4) is 0 Å². The van der Waals surface area contributed by atoms with Gasteiger partial charge in [0.05, 0.1) is 0 Å². The second-order valence-electron chi connectivity index (χ2n) is 4.36. The van der Waals surface area contributed by atoms with Crippen LogP contribution in [0.4, 0.5) is 0 Å². The monoisotopic (exact) mass is 361 g/mol. The highest BCUT2D eigenvalue weighted by atomic mass is 127. The average molecular weight is 361 g/mol. The third-order valence-corrected chi connectivity index (χ3v) is 3.72. The fourth-order valence-corrected chi connectivity index (χ4v) is 1.77. The van der Waals surface area contributed by atoms with E-state index in [1.54, 1.807) is 0 Å². The van der Waals surface area contributed by atoms with E-state index in [1.807, 2.05) is 27.7 Å². The molecule has 0 bridgehead atoms. The molecule has 0 aliphatic carbocycles. The lowest BCUT2D eigenvalue weighted by molar-refractivity contribution is 0.647. The molecule has 0 fully saturated rings. The highest BCUT2D eigenvalue weighted by Gasteiger charge is 2.18. The van der Waals surface area contributed by atoms with Crippen molar-refractivity contribution < 1.29 is 4.21 Å². The fraction of sp³-hybridized carbons (Fsp3) is 0.900. The van der Waals surface area contributed by atoms with Gasteiger partial charge in [0.15, 0.2) is 5.96 Å². The van der Waals surface area contributed by atoms with Crippen molar-refractivity contribution in [3.05, 3.63) is 0 Å². The number of nitrogens with zero attached hydrogens (tertiary/aromatic N) is 1. The number of hydrogen-bond donors (Lipinski definition) is 2. The van der Waals surface area contributed by atoms with Crippen LogP contribution in [0.25, 0.3) is 0 Å². The standard InChI is InChI=1S/C10H23N3OS.HI/c1-5-6-12-9(11)13-7-8-15(14)10(2,3)4;/h5-8H2,1-4H3,(H3,11,12,13);1H. The van der Waals surface area contributed by atoms with Crippen LogP contribution in [0.15, 0.2) is 4.99 Å². The first-order valence-corrected chi connectivity index (χ1v) is 6.62. The van der Waals surface area contributed by atoms with E-state index in [4.69, 9.17) is 5.73 Å². The Morgan fingerprint density at radius 2 is 2.00 bits per heavy atom. The Morgan fingerprint density at radius 1 is 1.44 bits per heavy atom. The zero-order valence-electron chi connectivity index (χ0n) is 10.6. The highest BCUT2D eigenvalue weighted by Crippen LogP contribution is 2.10. The molecule has 6 heteroatoms. The van der Waals surface area contributed by atoms with Crippen molar-refractivity contribution in [2.24, 2.45) is 10.7 Å². The summed E-state index contributed by atoms with van der Waals surface area (Å²) in [7, 11) is -0.833. The summed E-state index contributed by atoms with van der Waals surface area (Å²) in [6.07, 6.45) is 0.982. The summed E-state index contributed by atoms with van der Waals surface area (Å²) in [6.45, 7) is 9.31. The van der Waals surface area contributed by atoms with Gasteiger partial charge in [-0.1, -0.05) is 6.92 Å². The molecule has 3 N–H and O–H groups in total. The summed E-state index contributed by atoms with van der Waals surface area (Å²) < 4.78 is 11.5. The third-order valence-electron chi connectivity index (χ3n) is 1.78. The quantitative estimate of drug-likeness (QED) is 0.443. The number of aliphatic imine (C=N–C) groups is 1. The third kappa shape index (κ3) is 9.38. The zero-order valence-corrected chi connectivity index (χ0v) is 13.7. The smallest absolute Gasteiger partial charge is 0.188 e. The van der Waals surface area contributed by atoms with Crippen LogP contribution < -0.4 is 11.1 Å². The van der Waals surface area contributed by atoms with E-state index in [0.29, 0.717) is 18.3 Å². The van der Waals surface area contributed by atoms with Gasteiger partial charge in [-0.25, -0.2) is 0 Å². The van der Waals surface area contributed by atoms with Gasteiger partial charge in [0.25, 0.3) is 0 Å². The Hall–Kier alpha value is 0.150. The maximum absolute atomic E-state index is 11.7. The Balaban J connectivity index is 0. The molecule has 1 unspecified atom stereocenters. The minimum absolute atomic E-state index is 0. The predicted octanol–water partition coefficient (Wildman–Crippen LogP) is 1.47. The summed E-state index contributed by atoms with van der Waals surface area (Å²) >= 11 is 0. The van der Waals surface area contributed by atoms with E-state index < -0.39 is 10.8 Å². The van der Waals surface area contributed by atoms with Crippen LogP contribution in [0.2, 0.25) is 0 Å². The van der Waals surface area contributed by atoms with Crippen LogP contribution in [0.1, 0.15) is 34.1 Å². The van der Waals surface area contributed by atoms with Gasteiger partial charge in [0.1, 0.15) is 0 Å². The SMILES string of the molecule is CCCN=C(N)NCCS(=O)C(C)(C)C.I. The molecule has 1 atom stereocenters. The van der Waals surface area contributed by atoms with Gasteiger partial charge >= 0.3 is 0 Å². The number of hydrogen-bond acceptors (Lipinski definition) is 2. The molecule has 16 heavy (non-hydrogen) atoms. The van der Waals surface area contributed by atoms with E-state index in [1.165, 1.54) is 0 Å². The van der Waals surface area contributed by atoms with Crippen molar-refractivity contribution >= 4 is 40.7 Å². The second kappa shape index (κ2) is 9.21. The molecule has 0 aliphatic heterocycles. The number of nitrogens with two attached hydrogens (primary N) is 1. The molecule has 0 radical (unpaired) electrons.